The molecule has 49 heavy (non-hydrogen) atoms. The van der Waals surface area contributed by atoms with E-state index in [0.717, 1.165) is 69.8 Å². The van der Waals surface area contributed by atoms with Crippen LogP contribution in [-0.2, 0) is 33.2 Å². The van der Waals surface area contributed by atoms with Crippen LogP contribution in [0, 0.1) is 23.7 Å². The van der Waals surface area contributed by atoms with Crippen LogP contribution in [-0.4, -0.2) is 102 Å². The standard InChI is InChI=1S/C40H62O9/c1-8-10-31-25(7)36-38-39(46-31)37-35(47-38)19-40(48-36,49-37)14-13-28-16-22(4)30(43-28)12-11-27-15-21(3)23(5)33(44-27)18-34-29(9-2)24(6)32(45-34)17-26(42)20-41/h8,21,24-39,41-42H,1,4-5,9-20H2,2-3,6-7H3/t21-,24-,25+,26?,27+,28?,29-,30?,31+,32-,33?,34+,35-,36+,37?,38+,39+,40-/m1/s1. The summed E-state index contributed by atoms with van der Waals surface area (Å²) >= 11 is 0. The van der Waals surface area contributed by atoms with Crippen molar-refractivity contribution in [3.05, 3.63) is 37.0 Å². The lowest BCUT2D eigenvalue weighted by atomic mass is 9.80. The lowest BCUT2D eigenvalue weighted by Gasteiger charge is -2.42. The number of rotatable bonds is 14. The van der Waals surface area contributed by atoms with Gasteiger partial charge in [-0.25, -0.2) is 0 Å². The SMILES string of the molecule is C=CC[C@@H]1O[C@H]2C3O[C@]4(CCC5CC(=C)C(CC[C@H]6C[C@@H](C)C(=C)C(C[C@@H]7O[C@H](CC(O)CO)[C@H](C)[C@H]7CC)O6)O5)C[C@H]3O[C@H]2[C@@H](O4)[C@H]1C. The van der Waals surface area contributed by atoms with Crippen molar-refractivity contribution in [1.29, 1.82) is 0 Å². The van der Waals surface area contributed by atoms with Crippen LogP contribution in [0.4, 0.5) is 0 Å². The first kappa shape index (κ1) is 36.2. The number of aliphatic hydroxyl groups is 2. The second-order valence-electron chi connectivity index (χ2n) is 16.6. The molecule has 18 atom stereocenters. The predicted octanol–water partition coefficient (Wildman–Crippen LogP) is 5.80. The normalized spacial score (nSPS) is 49.5. The first-order chi connectivity index (χ1) is 23.5. The van der Waals surface area contributed by atoms with Crippen molar-refractivity contribution in [2.24, 2.45) is 23.7 Å². The van der Waals surface area contributed by atoms with E-state index in [1.807, 2.05) is 6.08 Å². The first-order valence-electron chi connectivity index (χ1n) is 19.4. The molecule has 8 rings (SSSR count). The van der Waals surface area contributed by atoms with Crippen molar-refractivity contribution in [1.82, 2.24) is 0 Å². The minimum absolute atomic E-state index is 0.0248. The molecule has 8 saturated heterocycles. The van der Waals surface area contributed by atoms with Crippen molar-refractivity contribution in [3.8, 4) is 0 Å². The summed E-state index contributed by atoms with van der Waals surface area (Å²) in [6.45, 7) is 21.5. The minimum Gasteiger partial charge on any atom is -0.394 e. The molecule has 8 heterocycles. The van der Waals surface area contributed by atoms with Gasteiger partial charge in [-0.15, -0.1) is 6.58 Å². The van der Waals surface area contributed by atoms with Gasteiger partial charge in [-0.2, -0.15) is 0 Å². The Morgan fingerprint density at radius 3 is 2.37 bits per heavy atom. The first-order valence-corrected chi connectivity index (χ1v) is 19.4. The summed E-state index contributed by atoms with van der Waals surface area (Å²) in [6, 6.07) is 0. The van der Waals surface area contributed by atoms with Gasteiger partial charge < -0.3 is 43.4 Å². The highest BCUT2D eigenvalue weighted by Gasteiger charge is 2.67. The van der Waals surface area contributed by atoms with Gasteiger partial charge in [0.25, 0.3) is 0 Å². The molecule has 0 aromatic carbocycles. The van der Waals surface area contributed by atoms with Crippen LogP contribution in [0.2, 0.25) is 0 Å². The topological polar surface area (TPSA) is 105 Å². The molecule has 9 nitrogen and oxygen atoms in total. The second-order valence-corrected chi connectivity index (χ2v) is 16.6. The van der Waals surface area contributed by atoms with Gasteiger partial charge in [0.05, 0.1) is 67.6 Å². The smallest absolute Gasteiger partial charge is 0.172 e. The van der Waals surface area contributed by atoms with E-state index in [1.54, 1.807) is 0 Å². The maximum atomic E-state index is 10.1. The fourth-order valence-electron chi connectivity index (χ4n) is 10.4. The number of hydrogen-bond donors (Lipinski definition) is 2. The lowest BCUT2D eigenvalue weighted by Crippen LogP contribution is -2.54. The van der Waals surface area contributed by atoms with Crippen molar-refractivity contribution in [2.75, 3.05) is 6.61 Å². The second kappa shape index (κ2) is 14.7. The molecule has 0 spiro atoms. The Morgan fingerprint density at radius 2 is 1.61 bits per heavy atom. The Balaban J connectivity index is 0.908. The van der Waals surface area contributed by atoms with E-state index in [4.69, 9.17) is 33.2 Å². The predicted molar refractivity (Wildman–Crippen MR) is 185 cm³/mol. The highest BCUT2D eigenvalue weighted by Crippen LogP contribution is 2.54. The summed E-state index contributed by atoms with van der Waals surface area (Å²) in [4.78, 5) is 0. The quantitative estimate of drug-likeness (QED) is 0.219. The van der Waals surface area contributed by atoms with Crippen molar-refractivity contribution in [3.63, 3.8) is 0 Å². The van der Waals surface area contributed by atoms with Crippen molar-refractivity contribution in [2.45, 2.75) is 183 Å². The van der Waals surface area contributed by atoms with E-state index >= 15 is 0 Å². The highest BCUT2D eigenvalue weighted by molar-refractivity contribution is 5.14. The Hall–Kier alpha value is -1.14. The summed E-state index contributed by atoms with van der Waals surface area (Å²) in [5, 5.41) is 19.5. The van der Waals surface area contributed by atoms with E-state index in [9.17, 15) is 10.2 Å². The largest absolute Gasteiger partial charge is 0.394 e. The molecule has 6 bridgehead atoms. The molecule has 5 unspecified atom stereocenters. The average Bonchev–Trinajstić information content (AvgIpc) is 3.74. The van der Waals surface area contributed by atoms with E-state index in [2.05, 4.69) is 47.4 Å². The fraction of sp³-hybridized carbons (Fsp3) is 0.850. The Kier molecular flexibility index (Phi) is 10.9. The summed E-state index contributed by atoms with van der Waals surface area (Å²) in [6.07, 6.45) is 10.3. The molecule has 0 aromatic rings. The summed E-state index contributed by atoms with van der Waals surface area (Å²) < 4.78 is 46.5. The van der Waals surface area contributed by atoms with E-state index < -0.39 is 11.9 Å². The fourth-order valence-corrected chi connectivity index (χ4v) is 10.4. The van der Waals surface area contributed by atoms with Crippen LogP contribution in [0.25, 0.3) is 0 Å². The van der Waals surface area contributed by atoms with Gasteiger partial charge in [-0.05, 0) is 67.4 Å². The molecule has 0 aromatic heterocycles. The Bertz CT molecular complexity index is 1210. The van der Waals surface area contributed by atoms with Crippen LogP contribution in [0.1, 0.15) is 98.3 Å². The van der Waals surface area contributed by atoms with Crippen LogP contribution >= 0.6 is 0 Å². The maximum absolute atomic E-state index is 10.1. The zero-order chi connectivity index (χ0) is 34.6. The van der Waals surface area contributed by atoms with Gasteiger partial charge in [0.2, 0.25) is 0 Å². The molecule has 8 fully saturated rings. The van der Waals surface area contributed by atoms with E-state index in [0.29, 0.717) is 24.2 Å². The van der Waals surface area contributed by atoms with Crippen LogP contribution in [0.15, 0.2) is 37.0 Å². The van der Waals surface area contributed by atoms with Crippen LogP contribution < -0.4 is 0 Å². The van der Waals surface area contributed by atoms with Crippen molar-refractivity contribution >= 4 is 0 Å². The molecular formula is C40H62O9. The average molecular weight is 687 g/mol. The molecule has 8 aliphatic rings. The van der Waals surface area contributed by atoms with Crippen molar-refractivity contribution < 1.29 is 43.4 Å². The summed E-state index contributed by atoms with van der Waals surface area (Å²) in [5.41, 5.74) is 2.33. The number of aliphatic hydroxyl groups excluding tert-OH is 2. The Labute approximate surface area is 293 Å². The molecule has 0 amide bonds. The third kappa shape index (κ3) is 7.03. The molecule has 0 aliphatic carbocycles. The minimum atomic E-state index is -0.747. The van der Waals surface area contributed by atoms with E-state index in [-0.39, 0.29) is 85.8 Å². The monoisotopic (exact) mass is 686 g/mol. The molecule has 276 valence electrons. The van der Waals surface area contributed by atoms with Crippen LogP contribution in [0.3, 0.4) is 0 Å². The highest BCUT2D eigenvalue weighted by atomic mass is 16.8. The zero-order valence-electron chi connectivity index (χ0n) is 30.3. The van der Waals surface area contributed by atoms with Gasteiger partial charge in [0, 0.05) is 31.6 Å². The van der Waals surface area contributed by atoms with Gasteiger partial charge in [0.1, 0.15) is 18.3 Å². The molecule has 8 aliphatic heterocycles. The molecular weight excluding hydrogens is 624 g/mol. The molecule has 9 heteroatoms. The number of hydrogen-bond acceptors (Lipinski definition) is 9. The van der Waals surface area contributed by atoms with Gasteiger partial charge in [0.15, 0.2) is 5.79 Å². The maximum Gasteiger partial charge on any atom is 0.172 e. The van der Waals surface area contributed by atoms with Gasteiger partial charge in [-0.1, -0.05) is 53.3 Å². The van der Waals surface area contributed by atoms with Gasteiger partial charge in [-0.3, -0.25) is 0 Å². The summed E-state index contributed by atoms with van der Waals surface area (Å²) in [5.74, 6) is 0.644. The molecule has 0 radical (unpaired) electrons. The summed E-state index contributed by atoms with van der Waals surface area (Å²) in [7, 11) is 0. The lowest BCUT2D eigenvalue weighted by molar-refractivity contribution is -0.262. The third-order valence-electron chi connectivity index (χ3n) is 13.4. The molecule has 0 saturated carbocycles. The zero-order valence-corrected chi connectivity index (χ0v) is 30.3. The Morgan fingerprint density at radius 1 is 0.857 bits per heavy atom. The van der Waals surface area contributed by atoms with E-state index in [1.165, 1.54) is 5.57 Å². The van der Waals surface area contributed by atoms with Crippen LogP contribution in [0.5, 0.6) is 0 Å². The van der Waals surface area contributed by atoms with Gasteiger partial charge >= 0.3 is 0 Å². The third-order valence-corrected chi connectivity index (χ3v) is 13.4. The number of ether oxygens (including phenoxy) is 7. The molecule has 2 N–H and O–H groups in total.